The summed E-state index contributed by atoms with van der Waals surface area (Å²) in [5, 5.41) is 15.7. The molecule has 1 saturated heterocycles. The van der Waals surface area contributed by atoms with Crippen LogP contribution in [0.1, 0.15) is 20.8 Å². The molecule has 31 heavy (non-hydrogen) atoms. The van der Waals surface area contributed by atoms with Crippen molar-refractivity contribution < 1.29 is 14.5 Å². The van der Waals surface area contributed by atoms with E-state index in [2.05, 4.69) is 5.10 Å². The average Bonchev–Trinajstić information content (AvgIpc) is 3.29. The molecule has 0 N–H and O–H groups in total. The zero-order valence-electron chi connectivity index (χ0n) is 16.3. The highest BCUT2D eigenvalue weighted by Crippen LogP contribution is 2.17. The van der Waals surface area contributed by atoms with Crippen molar-refractivity contribution in [3.8, 4) is 5.69 Å². The molecule has 0 atom stereocenters. The third-order valence-corrected chi connectivity index (χ3v) is 5.33. The van der Waals surface area contributed by atoms with E-state index in [0.29, 0.717) is 42.5 Å². The Morgan fingerprint density at radius 2 is 1.45 bits per heavy atom. The van der Waals surface area contributed by atoms with Gasteiger partial charge in [0.25, 0.3) is 17.5 Å². The van der Waals surface area contributed by atoms with Crippen molar-refractivity contribution >= 4 is 29.1 Å². The highest BCUT2D eigenvalue weighted by Gasteiger charge is 2.26. The molecule has 2 heterocycles. The smallest absolute Gasteiger partial charge is 0.274 e. The molecule has 0 aliphatic carbocycles. The number of carbonyl (C=O) groups excluding carboxylic acids is 2. The average molecular weight is 440 g/mol. The summed E-state index contributed by atoms with van der Waals surface area (Å²) in [6.45, 7) is 1.66. The van der Waals surface area contributed by atoms with Gasteiger partial charge in [-0.15, -0.1) is 0 Å². The van der Waals surface area contributed by atoms with Crippen molar-refractivity contribution in [3.05, 3.63) is 87.2 Å². The predicted octanol–water partition coefficient (Wildman–Crippen LogP) is 3.03. The molecule has 1 aliphatic rings. The van der Waals surface area contributed by atoms with Gasteiger partial charge in [-0.3, -0.25) is 19.7 Å². The van der Waals surface area contributed by atoms with E-state index >= 15 is 0 Å². The zero-order valence-corrected chi connectivity index (χ0v) is 17.1. The number of hydrogen-bond donors (Lipinski definition) is 0. The Bertz CT molecular complexity index is 1120. The number of nitro benzene ring substituents is 1. The molecule has 158 valence electrons. The van der Waals surface area contributed by atoms with E-state index in [1.54, 1.807) is 58.5 Å². The molecule has 0 bridgehead atoms. The fraction of sp³-hybridized carbons (Fsp3) is 0.190. The second-order valence-corrected chi connectivity index (χ2v) is 7.45. The number of aromatic nitrogens is 2. The third-order valence-electron chi connectivity index (χ3n) is 5.08. The Balaban J connectivity index is 1.38. The standard InChI is InChI=1S/C21H18ClN5O4/c22-16-3-1-15(2-4-16)20(28)24-11-13-25(14-12-24)21(29)19-9-10-26(23-19)17-5-7-18(8-6-17)27(30)31/h1-10H,11-14H2. The number of piperazine rings is 1. The van der Waals surface area contributed by atoms with Crippen molar-refractivity contribution in [2.24, 2.45) is 0 Å². The number of nitrogens with zero attached hydrogens (tertiary/aromatic N) is 5. The molecule has 0 radical (unpaired) electrons. The number of amides is 2. The fourth-order valence-corrected chi connectivity index (χ4v) is 3.48. The lowest BCUT2D eigenvalue weighted by molar-refractivity contribution is -0.384. The Hall–Kier alpha value is -3.72. The molecule has 2 amide bonds. The van der Waals surface area contributed by atoms with Gasteiger partial charge in [0.2, 0.25) is 0 Å². The summed E-state index contributed by atoms with van der Waals surface area (Å²) in [5.41, 5.74) is 1.43. The van der Waals surface area contributed by atoms with Crippen molar-refractivity contribution in [2.75, 3.05) is 26.2 Å². The van der Waals surface area contributed by atoms with Gasteiger partial charge in [0.05, 0.1) is 10.6 Å². The lowest BCUT2D eigenvalue weighted by Gasteiger charge is -2.34. The largest absolute Gasteiger partial charge is 0.335 e. The molecule has 0 unspecified atom stereocenters. The molecule has 1 aliphatic heterocycles. The molecule has 2 aromatic carbocycles. The molecule has 1 aromatic heterocycles. The number of carbonyl (C=O) groups is 2. The summed E-state index contributed by atoms with van der Waals surface area (Å²) in [6, 6.07) is 14.2. The summed E-state index contributed by atoms with van der Waals surface area (Å²) >= 11 is 5.87. The van der Waals surface area contributed by atoms with E-state index in [1.807, 2.05) is 0 Å². The van der Waals surface area contributed by atoms with Crippen LogP contribution in [0.15, 0.2) is 60.8 Å². The van der Waals surface area contributed by atoms with E-state index in [1.165, 1.54) is 16.8 Å². The second-order valence-electron chi connectivity index (χ2n) is 7.01. The summed E-state index contributed by atoms with van der Waals surface area (Å²) in [7, 11) is 0. The summed E-state index contributed by atoms with van der Waals surface area (Å²) < 4.78 is 1.50. The highest BCUT2D eigenvalue weighted by molar-refractivity contribution is 6.30. The quantitative estimate of drug-likeness (QED) is 0.459. The minimum Gasteiger partial charge on any atom is -0.335 e. The first-order valence-corrected chi connectivity index (χ1v) is 9.95. The van der Waals surface area contributed by atoms with Gasteiger partial charge in [0.15, 0.2) is 5.69 Å². The number of nitro groups is 1. The molecule has 0 saturated carbocycles. The lowest BCUT2D eigenvalue weighted by atomic mass is 10.2. The Labute approximate surface area is 182 Å². The zero-order chi connectivity index (χ0) is 22.0. The van der Waals surface area contributed by atoms with Gasteiger partial charge in [0, 0.05) is 55.1 Å². The topological polar surface area (TPSA) is 102 Å². The summed E-state index contributed by atoms with van der Waals surface area (Å²) in [6.07, 6.45) is 1.63. The number of benzene rings is 2. The van der Waals surface area contributed by atoms with Crippen LogP contribution in [0.25, 0.3) is 5.69 Å². The van der Waals surface area contributed by atoms with Gasteiger partial charge in [-0.25, -0.2) is 4.68 Å². The third kappa shape index (κ3) is 4.41. The van der Waals surface area contributed by atoms with Crippen LogP contribution in [0.2, 0.25) is 5.02 Å². The molecule has 10 heteroatoms. The maximum atomic E-state index is 12.8. The van der Waals surface area contributed by atoms with E-state index in [9.17, 15) is 19.7 Å². The van der Waals surface area contributed by atoms with Gasteiger partial charge in [-0.1, -0.05) is 11.6 Å². The first-order chi connectivity index (χ1) is 14.9. The maximum absolute atomic E-state index is 12.8. The van der Waals surface area contributed by atoms with E-state index in [0.717, 1.165) is 0 Å². The molecule has 1 fully saturated rings. The van der Waals surface area contributed by atoms with Crippen molar-refractivity contribution in [2.45, 2.75) is 0 Å². The second kappa shape index (κ2) is 8.57. The number of non-ortho nitro benzene ring substituents is 1. The Kier molecular flexibility index (Phi) is 5.68. The monoisotopic (exact) mass is 439 g/mol. The van der Waals surface area contributed by atoms with Gasteiger partial charge in [-0.05, 0) is 42.5 Å². The summed E-state index contributed by atoms with van der Waals surface area (Å²) in [5.74, 6) is -0.314. The fourth-order valence-electron chi connectivity index (χ4n) is 3.36. The van der Waals surface area contributed by atoms with Crippen molar-refractivity contribution in [1.82, 2.24) is 19.6 Å². The first kappa shape index (κ1) is 20.5. The lowest BCUT2D eigenvalue weighted by Crippen LogP contribution is -2.50. The van der Waals surface area contributed by atoms with Crippen LogP contribution in [-0.2, 0) is 0 Å². The van der Waals surface area contributed by atoms with Gasteiger partial charge < -0.3 is 9.80 Å². The Morgan fingerprint density at radius 3 is 2.03 bits per heavy atom. The molecule has 3 aromatic rings. The number of hydrogen-bond acceptors (Lipinski definition) is 5. The van der Waals surface area contributed by atoms with Crippen LogP contribution in [0.3, 0.4) is 0 Å². The minimum atomic E-state index is -0.473. The van der Waals surface area contributed by atoms with E-state index in [-0.39, 0.29) is 23.2 Å². The SMILES string of the molecule is O=C(c1ccc(Cl)cc1)N1CCN(C(=O)c2ccn(-c3ccc([N+](=O)[O-])cc3)n2)CC1. The van der Waals surface area contributed by atoms with Gasteiger partial charge in [-0.2, -0.15) is 5.10 Å². The molecular weight excluding hydrogens is 422 g/mol. The minimum absolute atomic E-state index is 0.0155. The van der Waals surface area contributed by atoms with Gasteiger partial charge >= 0.3 is 0 Å². The van der Waals surface area contributed by atoms with Crippen LogP contribution in [0, 0.1) is 10.1 Å². The van der Waals surface area contributed by atoms with Gasteiger partial charge in [0.1, 0.15) is 0 Å². The van der Waals surface area contributed by atoms with Crippen molar-refractivity contribution in [1.29, 1.82) is 0 Å². The maximum Gasteiger partial charge on any atom is 0.274 e. The first-order valence-electron chi connectivity index (χ1n) is 9.57. The van der Waals surface area contributed by atoms with Crippen LogP contribution >= 0.6 is 11.6 Å². The van der Waals surface area contributed by atoms with Crippen LogP contribution in [0.4, 0.5) is 5.69 Å². The molecule has 9 nitrogen and oxygen atoms in total. The van der Waals surface area contributed by atoms with E-state index < -0.39 is 4.92 Å². The van der Waals surface area contributed by atoms with E-state index in [4.69, 9.17) is 11.6 Å². The molecular formula is C21H18ClN5O4. The Morgan fingerprint density at radius 1 is 0.871 bits per heavy atom. The van der Waals surface area contributed by atoms with Crippen LogP contribution in [0.5, 0.6) is 0 Å². The predicted molar refractivity (Wildman–Crippen MR) is 113 cm³/mol. The number of halogens is 1. The van der Waals surface area contributed by atoms with Crippen LogP contribution in [-0.4, -0.2) is 62.5 Å². The molecule has 4 rings (SSSR count). The van der Waals surface area contributed by atoms with Crippen molar-refractivity contribution in [3.63, 3.8) is 0 Å². The summed E-state index contributed by atoms with van der Waals surface area (Å²) in [4.78, 5) is 39.1. The molecule has 0 spiro atoms. The van der Waals surface area contributed by atoms with Crippen LogP contribution < -0.4 is 0 Å². The number of rotatable bonds is 4. The highest BCUT2D eigenvalue weighted by atomic mass is 35.5. The normalized spacial score (nSPS) is 13.8.